The molecule has 2 rings (SSSR count). The molecule has 0 N–H and O–H groups in total. The van der Waals surface area contributed by atoms with Crippen LogP contribution in [0.15, 0.2) is 22.7 Å². The molecule has 0 bridgehead atoms. The Hall–Kier alpha value is -1.68. The van der Waals surface area contributed by atoms with Crippen LogP contribution >= 0.6 is 15.9 Å². The number of ether oxygens (including phenoxy) is 3. The van der Waals surface area contributed by atoms with Gasteiger partial charge in [-0.25, -0.2) is 4.79 Å². The minimum Gasteiger partial charge on any atom is -0.491 e. The summed E-state index contributed by atoms with van der Waals surface area (Å²) in [5, 5.41) is 0. The SMILES string of the molecule is CC(C)(C)OC(=O)N1CCN(CCOc2ccc(OC(F)(F)F)cc2Br)CC1. The van der Waals surface area contributed by atoms with Crippen molar-refractivity contribution in [2.45, 2.75) is 32.7 Å². The molecule has 1 aliphatic heterocycles. The van der Waals surface area contributed by atoms with Gasteiger partial charge in [-0.3, -0.25) is 4.90 Å². The molecule has 1 fully saturated rings. The van der Waals surface area contributed by atoms with Crippen LogP contribution in [0.4, 0.5) is 18.0 Å². The zero-order valence-electron chi connectivity index (χ0n) is 16.0. The number of hydrogen-bond donors (Lipinski definition) is 0. The summed E-state index contributed by atoms with van der Waals surface area (Å²) in [4.78, 5) is 15.9. The summed E-state index contributed by atoms with van der Waals surface area (Å²) in [6.45, 7) is 9.03. The third kappa shape index (κ3) is 7.75. The first-order valence-electron chi connectivity index (χ1n) is 8.81. The van der Waals surface area contributed by atoms with E-state index in [1.54, 1.807) is 4.90 Å². The summed E-state index contributed by atoms with van der Waals surface area (Å²) in [6, 6.07) is 3.83. The van der Waals surface area contributed by atoms with E-state index in [1.807, 2.05) is 20.8 Å². The van der Waals surface area contributed by atoms with Crippen LogP contribution in [-0.2, 0) is 4.74 Å². The number of carbonyl (C=O) groups excluding carboxylic acids is 1. The summed E-state index contributed by atoms with van der Waals surface area (Å²) in [5.41, 5.74) is -0.518. The summed E-state index contributed by atoms with van der Waals surface area (Å²) in [5.74, 6) is 0.118. The quantitative estimate of drug-likeness (QED) is 0.645. The molecule has 0 aliphatic carbocycles. The Morgan fingerprint density at radius 2 is 1.79 bits per heavy atom. The van der Waals surface area contributed by atoms with E-state index < -0.39 is 12.0 Å². The van der Waals surface area contributed by atoms with Gasteiger partial charge in [-0.05, 0) is 54.9 Å². The van der Waals surface area contributed by atoms with E-state index in [-0.39, 0.29) is 11.8 Å². The molecule has 0 spiro atoms. The average Bonchev–Trinajstić information content (AvgIpc) is 2.54. The highest BCUT2D eigenvalue weighted by molar-refractivity contribution is 9.10. The van der Waals surface area contributed by atoms with Gasteiger partial charge in [0.05, 0.1) is 4.47 Å². The van der Waals surface area contributed by atoms with Crippen molar-refractivity contribution in [3.63, 3.8) is 0 Å². The minimum atomic E-state index is -4.73. The molecule has 28 heavy (non-hydrogen) atoms. The van der Waals surface area contributed by atoms with Gasteiger partial charge in [-0.15, -0.1) is 13.2 Å². The normalized spacial score (nSPS) is 16.0. The monoisotopic (exact) mass is 468 g/mol. The molecule has 1 amide bonds. The van der Waals surface area contributed by atoms with E-state index in [0.717, 1.165) is 0 Å². The molecule has 1 saturated heterocycles. The van der Waals surface area contributed by atoms with Crippen LogP contribution in [-0.4, -0.2) is 67.2 Å². The summed E-state index contributed by atoms with van der Waals surface area (Å²) in [6.07, 6.45) is -5.04. The van der Waals surface area contributed by atoms with Crippen LogP contribution < -0.4 is 9.47 Å². The third-order valence-corrected chi connectivity index (χ3v) is 4.45. The molecule has 1 heterocycles. The molecule has 0 saturated carbocycles. The van der Waals surface area contributed by atoms with Crippen molar-refractivity contribution in [2.24, 2.45) is 0 Å². The lowest BCUT2D eigenvalue weighted by Crippen LogP contribution is -2.50. The molecule has 0 atom stereocenters. The van der Waals surface area contributed by atoms with Gasteiger partial charge in [-0.2, -0.15) is 0 Å². The van der Waals surface area contributed by atoms with Crippen molar-refractivity contribution in [2.75, 3.05) is 39.3 Å². The predicted octanol–water partition coefficient (Wildman–Crippen LogP) is 4.28. The fourth-order valence-corrected chi connectivity index (χ4v) is 3.03. The largest absolute Gasteiger partial charge is 0.573 e. The number of rotatable bonds is 5. The Morgan fingerprint density at radius 1 is 1.14 bits per heavy atom. The topological polar surface area (TPSA) is 51.2 Å². The number of alkyl halides is 3. The van der Waals surface area contributed by atoms with Crippen molar-refractivity contribution < 1.29 is 32.2 Å². The van der Waals surface area contributed by atoms with Gasteiger partial charge in [0, 0.05) is 32.7 Å². The zero-order valence-corrected chi connectivity index (χ0v) is 17.6. The first kappa shape index (κ1) is 22.6. The number of halogens is 4. The maximum atomic E-state index is 12.2. The van der Waals surface area contributed by atoms with Crippen molar-refractivity contribution in [1.29, 1.82) is 0 Å². The van der Waals surface area contributed by atoms with Crippen molar-refractivity contribution in [3.05, 3.63) is 22.7 Å². The smallest absolute Gasteiger partial charge is 0.491 e. The summed E-state index contributed by atoms with van der Waals surface area (Å²) >= 11 is 3.18. The highest BCUT2D eigenvalue weighted by Gasteiger charge is 2.31. The van der Waals surface area contributed by atoms with E-state index in [2.05, 4.69) is 25.6 Å². The van der Waals surface area contributed by atoms with Gasteiger partial charge in [0.1, 0.15) is 23.7 Å². The van der Waals surface area contributed by atoms with Gasteiger partial charge in [0.25, 0.3) is 0 Å². The van der Waals surface area contributed by atoms with Crippen LogP contribution in [0.5, 0.6) is 11.5 Å². The Bertz CT molecular complexity index is 672. The number of piperazine rings is 1. The number of nitrogens with zero attached hydrogens (tertiary/aromatic N) is 2. The van der Waals surface area contributed by atoms with Gasteiger partial charge in [-0.1, -0.05) is 0 Å². The van der Waals surface area contributed by atoms with Crippen LogP contribution in [0.25, 0.3) is 0 Å². The molecule has 0 radical (unpaired) electrons. The maximum Gasteiger partial charge on any atom is 0.573 e. The van der Waals surface area contributed by atoms with Crippen molar-refractivity contribution in [3.8, 4) is 11.5 Å². The third-order valence-electron chi connectivity index (χ3n) is 3.83. The molecule has 0 aromatic heterocycles. The molecule has 1 aromatic carbocycles. The van der Waals surface area contributed by atoms with E-state index in [1.165, 1.54) is 18.2 Å². The molecule has 1 aromatic rings. The van der Waals surface area contributed by atoms with Crippen molar-refractivity contribution >= 4 is 22.0 Å². The molecule has 10 heteroatoms. The van der Waals surface area contributed by atoms with Gasteiger partial charge in [0.2, 0.25) is 0 Å². The zero-order chi connectivity index (χ0) is 20.9. The first-order valence-corrected chi connectivity index (χ1v) is 9.61. The Morgan fingerprint density at radius 3 is 2.32 bits per heavy atom. The molecular formula is C18H24BrF3N2O4. The number of hydrogen-bond acceptors (Lipinski definition) is 5. The lowest BCUT2D eigenvalue weighted by atomic mass is 10.2. The number of amides is 1. The first-order chi connectivity index (χ1) is 12.9. The summed E-state index contributed by atoms with van der Waals surface area (Å²) in [7, 11) is 0. The highest BCUT2D eigenvalue weighted by atomic mass is 79.9. The van der Waals surface area contributed by atoms with E-state index in [9.17, 15) is 18.0 Å². The standard InChI is InChI=1S/C18H24BrF3N2O4/c1-17(2,3)28-16(25)24-8-6-23(7-9-24)10-11-26-15-5-4-13(12-14(15)19)27-18(20,21)22/h4-5,12H,6-11H2,1-3H3. The molecule has 158 valence electrons. The maximum absolute atomic E-state index is 12.2. The van der Waals surface area contributed by atoms with E-state index in [0.29, 0.717) is 49.6 Å². The second kappa shape index (κ2) is 9.21. The van der Waals surface area contributed by atoms with Crippen LogP contribution in [0.3, 0.4) is 0 Å². The van der Waals surface area contributed by atoms with E-state index in [4.69, 9.17) is 9.47 Å². The Balaban J connectivity index is 1.74. The van der Waals surface area contributed by atoms with Crippen LogP contribution in [0.2, 0.25) is 0 Å². The Labute approximate surface area is 170 Å². The Kier molecular flexibility index (Phi) is 7.44. The minimum absolute atomic E-state index is 0.312. The number of benzene rings is 1. The molecule has 6 nitrogen and oxygen atoms in total. The van der Waals surface area contributed by atoms with Crippen LogP contribution in [0.1, 0.15) is 20.8 Å². The second-order valence-electron chi connectivity index (χ2n) is 7.30. The van der Waals surface area contributed by atoms with Crippen LogP contribution in [0, 0.1) is 0 Å². The highest BCUT2D eigenvalue weighted by Crippen LogP contribution is 2.32. The van der Waals surface area contributed by atoms with E-state index >= 15 is 0 Å². The average molecular weight is 469 g/mol. The molecule has 1 aliphatic rings. The fourth-order valence-electron chi connectivity index (χ4n) is 2.56. The summed E-state index contributed by atoms with van der Waals surface area (Å²) < 4.78 is 51.9. The second-order valence-corrected chi connectivity index (χ2v) is 8.15. The van der Waals surface area contributed by atoms with Gasteiger partial charge >= 0.3 is 12.5 Å². The predicted molar refractivity (Wildman–Crippen MR) is 101 cm³/mol. The number of carbonyl (C=O) groups is 1. The lowest BCUT2D eigenvalue weighted by Gasteiger charge is -2.35. The van der Waals surface area contributed by atoms with Crippen molar-refractivity contribution in [1.82, 2.24) is 9.80 Å². The molecule has 0 unspecified atom stereocenters. The fraction of sp³-hybridized carbons (Fsp3) is 0.611. The van der Waals surface area contributed by atoms with Gasteiger partial charge < -0.3 is 19.1 Å². The lowest BCUT2D eigenvalue weighted by molar-refractivity contribution is -0.274. The molecular weight excluding hydrogens is 445 g/mol. The van der Waals surface area contributed by atoms with Gasteiger partial charge in [0.15, 0.2) is 0 Å².